The van der Waals surface area contributed by atoms with Crippen molar-refractivity contribution in [1.82, 2.24) is 29.7 Å². The Morgan fingerprint density at radius 3 is 2.80 bits per heavy atom. The van der Waals surface area contributed by atoms with Gasteiger partial charge in [0.05, 0.1) is 18.8 Å². The number of aryl methyl sites for hydroxylation is 2. The van der Waals surface area contributed by atoms with Crippen LogP contribution in [0.4, 0.5) is 0 Å². The van der Waals surface area contributed by atoms with Crippen molar-refractivity contribution in [3.05, 3.63) is 29.2 Å². The summed E-state index contributed by atoms with van der Waals surface area (Å²) in [7, 11) is 2.17. The van der Waals surface area contributed by atoms with E-state index in [2.05, 4.69) is 56.7 Å². The van der Waals surface area contributed by atoms with Crippen LogP contribution in [-0.2, 0) is 13.1 Å². The molecule has 2 aromatic heterocycles. The molecule has 136 valence electrons. The lowest BCUT2D eigenvalue weighted by molar-refractivity contribution is 0.215. The average Bonchev–Trinajstić information content (AvgIpc) is 3.00. The van der Waals surface area contributed by atoms with Crippen LogP contribution in [0.15, 0.2) is 10.6 Å². The van der Waals surface area contributed by atoms with E-state index in [4.69, 9.17) is 4.52 Å². The van der Waals surface area contributed by atoms with Crippen LogP contribution in [0, 0.1) is 13.8 Å². The van der Waals surface area contributed by atoms with Crippen molar-refractivity contribution in [2.24, 2.45) is 0 Å². The van der Waals surface area contributed by atoms with E-state index in [-0.39, 0.29) is 0 Å². The number of hydrogen-bond acceptors (Lipinski definition) is 6. The highest BCUT2D eigenvalue weighted by atomic mass is 16.5. The Labute approximate surface area is 149 Å². The maximum Gasteiger partial charge on any atom is 0.229 e. The standard InChI is InChI=1S/C18H28N6O/c1-13-10-14(2)24(20-13)9-8-23-7-6-16(11-23)22(3)12-17-19-18(25-21-17)15-4-5-15/h10,15-16H,4-9,11-12H2,1-3H3/t16-/m1/s1. The second-order valence-electron chi connectivity index (χ2n) is 7.63. The molecule has 25 heavy (non-hydrogen) atoms. The molecule has 0 amide bonds. The van der Waals surface area contributed by atoms with Gasteiger partial charge in [0, 0.05) is 30.7 Å². The lowest BCUT2D eigenvalue weighted by Crippen LogP contribution is -2.35. The van der Waals surface area contributed by atoms with Gasteiger partial charge >= 0.3 is 0 Å². The average molecular weight is 344 g/mol. The van der Waals surface area contributed by atoms with Gasteiger partial charge < -0.3 is 4.52 Å². The zero-order valence-corrected chi connectivity index (χ0v) is 15.5. The van der Waals surface area contributed by atoms with Crippen molar-refractivity contribution < 1.29 is 4.52 Å². The SMILES string of the molecule is Cc1cc(C)n(CCN2CC[C@@H](N(C)Cc3noc(C4CC4)n3)C2)n1. The van der Waals surface area contributed by atoms with Crippen molar-refractivity contribution >= 4 is 0 Å². The second-order valence-corrected chi connectivity index (χ2v) is 7.63. The van der Waals surface area contributed by atoms with Crippen LogP contribution < -0.4 is 0 Å². The maximum atomic E-state index is 5.37. The maximum absolute atomic E-state index is 5.37. The van der Waals surface area contributed by atoms with Gasteiger partial charge in [0.2, 0.25) is 5.89 Å². The monoisotopic (exact) mass is 344 g/mol. The Balaban J connectivity index is 1.25. The third kappa shape index (κ3) is 3.93. The Bertz CT molecular complexity index is 719. The number of rotatable bonds is 7. The first-order valence-corrected chi connectivity index (χ1v) is 9.34. The molecule has 0 radical (unpaired) electrons. The van der Waals surface area contributed by atoms with Gasteiger partial charge in [0.1, 0.15) is 0 Å². The topological polar surface area (TPSA) is 63.2 Å². The highest BCUT2D eigenvalue weighted by Crippen LogP contribution is 2.38. The van der Waals surface area contributed by atoms with E-state index < -0.39 is 0 Å². The van der Waals surface area contributed by atoms with E-state index in [1.807, 2.05) is 0 Å². The summed E-state index contributed by atoms with van der Waals surface area (Å²) in [5, 5.41) is 8.70. The fourth-order valence-electron chi connectivity index (χ4n) is 3.69. The molecule has 0 unspecified atom stereocenters. The molecule has 7 heteroatoms. The van der Waals surface area contributed by atoms with Gasteiger partial charge in [-0.3, -0.25) is 14.5 Å². The summed E-state index contributed by atoms with van der Waals surface area (Å²) in [5.41, 5.74) is 2.34. The van der Waals surface area contributed by atoms with Crippen LogP contribution in [0.5, 0.6) is 0 Å². The van der Waals surface area contributed by atoms with Crippen molar-refractivity contribution in [3.8, 4) is 0 Å². The Morgan fingerprint density at radius 1 is 1.24 bits per heavy atom. The van der Waals surface area contributed by atoms with Crippen LogP contribution in [0.1, 0.15) is 48.3 Å². The normalized spacial score (nSPS) is 21.5. The summed E-state index contributed by atoms with van der Waals surface area (Å²) in [6.45, 7) is 9.22. The largest absolute Gasteiger partial charge is 0.339 e. The molecular formula is C18H28N6O. The summed E-state index contributed by atoms with van der Waals surface area (Å²) in [6, 6.07) is 2.70. The molecule has 4 rings (SSSR count). The van der Waals surface area contributed by atoms with Gasteiger partial charge in [-0.25, -0.2) is 0 Å². The predicted octanol–water partition coefficient (Wildman–Crippen LogP) is 1.97. The summed E-state index contributed by atoms with van der Waals surface area (Å²) >= 11 is 0. The molecule has 1 saturated heterocycles. The minimum atomic E-state index is 0.530. The fourth-order valence-corrected chi connectivity index (χ4v) is 3.69. The first kappa shape index (κ1) is 16.7. The molecule has 0 bridgehead atoms. The third-order valence-electron chi connectivity index (χ3n) is 5.40. The third-order valence-corrected chi connectivity index (χ3v) is 5.40. The van der Waals surface area contributed by atoms with E-state index >= 15 is 0 Å². The van der Waals surface area contributed by atoms with Crippen molar-refractivity contribution in [1.29, 1.82) is 0 Å². The van der Waals surface area contributed by atoms with Gasteiger partial charge in [-0.2, -0.15) is 10.1 Å². The molecule has 3 heterocycles. The van der Waals surface area contributed by atoms with Crippen LogP contribution in [0.25, 0.3) is 0 Å². The molecular weight excluding hydrogens is 316 g/mol. The molecule has 2 fully saturated rings. The molecule has 2 aromatic rings. The smallest absolute Gasteiger partial charge is 0.229 e. The molecule has 1 saturated carbocycles. The molecule has 0 N–H and O–H groups in total. The van der Waals surface area contributed by atoms with Gasteiger partial charge in [-0.1, -0.05) is 5.16 Å². The van der Waals surface area contributed by atoms with Gasteiger partial charge in [0.15, 0.2) is 5.82 Å². The van der Waals surface area contributed by atoms with Crippen LogP contribution in [0.3, 0.4) is 0 Å². The van der Waals surface area contributed by atoms with Crippen molar-refractivity contribution in [2.75, 3.05) is 26.7 Å². The lowest BCUT2D eigenvalue weighted by Gasteiger charge is -2.23. The Hall–Kier alpha value is -1.73. The molecule has 0 aromatic carbocycles. The van der Waals surface area contributed by atoms with Crippen molar-refractivity contribution in [2.45, 2.75) is 58.2 Å². The van der Waals surface area contributed by atoms with Crippen LogP contribution in [0.2, 0.25) is 0 Å². The van der Waals surface area contributed by atoms with E-state index in [1.165, 1.54) is 25.0 Å². The predicted molar refractivity (Wildman–Crippen MR) is 94.3 cm³/mol. The number of likely N-dealkylation sites (tertiary alicyclic amines) is 1. The fraction of sp³-hybridized carbons (Fsp3) is 0.722. The minimum absolute atomic E-state index is 0.530. The molecule has 1 aliphatic heterocycles. The van der Waals surface area contributed by atoms with Gasteiger partial charge in [0.25, 0.3) is 0 Å². The molecule has 0 spiro atoms. The summed E-state index contributed by atoms with van der Waals surface area (Å²) in [4.78, 5) is 9.44. The van der Waals surface area contributed by atoms with Crippen LogP contribution >= 0.6 is 0 Å². The second kappa shape index (κ2) is 6.88. The molecule has 7 nitrogen and oxygen atoms in total. The number of nitrogens with zero attached hydrogens (tertiary/aromatic N) is 6. The zero-order valence-electron chi connectivity index (χ0n) is 15.5. The van der Waals surface area contributed by atoms with Gasteiger partial charge in [-0.15, -0.1) is 0 Å². The van der Waals surface area contributed by atoms with E-state index in [9.17, 15) is 0 Å². The van der Waals surface area contributed by atoms with Gasteiger partial charge in [-0.05, 0) is 52.8 Å². The van der Waals surface area contributed by atoms with E-state index in [1.54, 1.807) is 0 Å². The first-order valence-electron chi connectivity index (χ1n) is 9.34. The highest BCUT2D eigenvalue weighted by molar-refractivity contribution is 5.06. The molecule has 2 aliphatic rings. The van der Waals surface area contributed by atoms with Crippen LogP contribution in [-0.4, -0.2) is 62.4 Å². The Morgan fingerprint density at radius 2 is 2.08 bits per heavy atom. The lowest BCUT2D eigenvalue weighted by atomic mass is 10.2. The number of likely N-dealkylation sites (N-methyl/N-ethyl adjacent to an activating group) is 1. The van der Waals surface area contributed by atoms with Crippen molar-refractivity contribution in [3.63, 3.8) is 0 Å². The quantitative estimate of drug-likeness (QED) is 0.765. The first-order chi connectivity index (χ1) is 12.1. The minimum Gasteiger partial charge on any atom is -0.339 e. The molecule has 1 atom stereocenters. The number of aromatic nitrogens is 4. The Kier molecular flexibility index (Phi) is 4.60. The highest BCUT2D eigenvalue weighted by Gasteiger charge is 2.30. The molecule has 1 aliphatic carbocycles. The summed E-state index contributed by atoms with van der Waals surface area (Å²) in [6.07, 6.45) is 3.59. The zero-order chi connectivity index (χ0) is 17.4. The summed E-state index contributed by atoms with van der Waals surface area (Å²) in [5.74, 6) is 2.19. The van der Waals surface area contributed by atoms with E-state index in [0.29, 0.717) is 12.0 Å². The number of hydrogen-bond donors (Lipinski definition) is 0. The summed E-state index contributed by atoms with van der Waals surface area (Å²) < 4.78 is 7.48. The van der Waals surface area contributed by atoms with E-state index in [0.717, 1.165) is 50.1 Å².